The molecule has 5 aromatic rings. The van der Waals surface area contributed by atoms with Crippen molar-refractivity contribution in [3.8, 4) is 0 Å². The summed E-state index contributed by atoms with van der Waals surface area (Å²) in [6.07, 6.45) is 10.3. The summed E-state index contributed by atoms with van der Waals surface area (Å²) in [6.45, 7) is 4.57. The highest BCUT2D eigenvalue weighted by Gasteiger charge is 2.19. The predicted octanol–water partition coefficient (Wildman–Crippen LogP) is 5.80. The monoisotopic (exact) mass is 632 g/mol. The van der Waals surface area contributed by atoms with E-state index < -0.39 is 0 Å². The fourth-order valence-corrected chi connectivity index (χ4v) is 5.51. The maximum atomic E-state index is 13.1. The second-order valence-corrected chi connectivity index (χ2v) is 12.4. The first kappa shape index (κ1) is 32.9. The lowest BCUT2D eigenvalue weighted by Gasteiger charge is -2.29. The van der Waals surface area contributed by atoms with Gasteiger partial charge in [-0.3, -0.25) is 19.4 Å². The highest BCUT2D eigenvalue weighted by atomic mass is 16.2. The minimum absolute atomic E-state index is 0.195. The minimum Gasteiger partial charge on any atom is -0.345 e. The third kappa shape index (κ3) is 8.42. The number of carbonyl (C=O) groups is 3. The summed E-state index contributed by atoms with van der Waals surface area (Å²) in [5, 5.41) is 9.79. The molecular formula is C37H42N7O3+. The summed E-state index contributed by atoms with van der Waals surface area (Å²) in [5.74, 6) is -0.839. The summed E-state index contributed by atoms with van der Waals surface area (Å²) in [4.78, 5) is 43.4. The zero-order valence-corrected chi connectivity index (χ0v) is 27.6. The van der Waals surface area contributed by atoms with Crippen LogP contribution in [0.5, 0.6) is 0 Å². The van der Waals surface area contributed by atoms with Gasteiger partial charge in [0.15, 0.2) is 0 Å². The van der Waals surface area contributed by atoms with Crippen molar-refractivity contribution in [1.82, 2.24) is 19.4 Å². The number of amides is 3. The van der Waals surface area contributed by atoms with E-state index in [0.717, 1.165) is 46.0 Å². The Morgan fingerprint density at radius 3 is 2.06 bits per heavy atom. The summed E-state index contributed by atoms with van der Waals surface area (Å²) in [7, 11) is 7.80. The average Bonchev–Trinajstić information content (AvgIpc) is 3.60. The van der Waals surface area contributed by atoms with Crippen LogP contribution in [0, 0.1) is 0 Å². The number of fused-ring (bicyclic) bond motifs is 1. The molecule has 0 aliphatic rings. The Labute approximate surface area is 275 Å². The molecule has 0 unspecified atom stereocenters. The van der Waals surface area contributed by atoms with E-state index >= 15 is 0 Å². The van der Waals surface area contributed by atoms with Crippen LogP contribution in [0.3, 0.4) is 0 Å². The molecule has 5 rings (SSSR count). The van der Waals surface area contributed by atoms with Crippen molar-refractivity contribution in [2.75, 3.05) is 44.4 Å². The molecule has 3 aromatic heterocycles. The lowest BCUT2D eigenvalue weighted by atomic mass is 10.1. The van der Waals surface area contributed by atoms with Crippen molar-refractivity contribution in [1.29, 1.82) is 0 Å². The van der Waals surface area contributed by atoms with Gasteiger partial charge >= 0.3 is 0 Å². The van der Waals surface area contributed by atoms with Crippen LogP contribution in [0.1, 0.15) is 55.8 Å². The number of aromatic nitrogens is 3. The molecular weight excluding hydrogens is 590 g/mol. The molecule has 0 radical (unpaired) electrons. The Balaban J connectivity index is 1.16. The molecule has 3 heterocycles. The molecule has 3 N–H and O–H groups in total. The molecule has 0 spiro atoms. The van der Waals surface area contributed by atoms with E-state index in [0.29, 0.717) is 34.9 Å². The molecule has 10 heteroatoms. The first-order chi connectivity index (χ1) is 22.5. The third-order valence-corrected chi connectivity index (χ3v) is 8.08. The van der Waals surface area contributed by atoms with Crippen LogP contribution in [0.4, 0.5) is 11.4 Å². The lowest BCUT2D eigenvalue weighted by Crippen LogP contribution is -2.45. The number of quaternary nitrogens is 1. The van der Waals surface area contributed by atoms with E-state index in [-0.39, 0.29) is 17.7 Å². The van der Waals surface area contributed by atoms with E-state index in [1.807, 2.05) is 54.7 Å². The number of carbonyl (C=O) groups excluding carboxylic acids is 3. The van der Waals surface area contributed by atoms with Crippen molar-refractivity contribution >= 4 is 52.2 Å². The van der Waals surface area contributed by atoms with Gasteiger partial charge < -0.3 is 29.6 Å². The summed E-state index contributed by atoms with van der Waals surface area (Å²) in [6, 6.07) is 20.6. The number of anilines is 2. The molecule has 0 aliphatic carbocycles. The number of hydrogen-bond donors (Lipinski definition) is 3. The van der Waals surface area contributed by atoms with Crippen molar-refractivity contribution < 1.29 is 18.9 Å². The first-order valence-electron chi connectivity index (χ1n) is 15.7. The SMILES string of the molecule is CCC[N+](C)(C)CCNC(=O)c1cc(NC(=O)c2cc(NC(=O)c3ccc(/C=C/c4cnc5ccccc5c4)cc3)cn2C)cn1C. The molecule has 0 aliphatic heterocycles. The number of nitrogens with zero attached hydrogens (tertiary/aromatic N) is 4. The van der Waals surface area contributed by atoms with Gasteiger partial charge in [-0.25, -0.2) is 0 Å². The van der Waals surface area contributed by atoms with E-state index in [4.69, 9.17) is 0 Å². The van der Waals surface area contributed by atoms with Gasteiger partial charge in [-0.1, -0.05) is 49.4 Å². The number of rotatable bonds is 12. The lowest BCUT2D eigenvalue weighted by molar-refractivity contribution is -0.889. The number of benzene rings is 2. The Kier molecular flexibility index (Phi) is 10.0. The van der Waals surface area contributed by atoms with Crippen molar-refractivity contribution in [2.45, 2.75) is 13.3 Å². The maximum Gasteiger partial charge on any atom is 0.272 e. The van der Waals surface area contributed by atoms with Gasteiger partial charge in [-0.05, 0) is 53.9 Å². The van der Waals surface area contributed by atoms with Gasteiger partial charge in [0.25, 0.3) is 17.7 Å². The van der Waals surface area contributed by atoms with Crippen molar-refractivity contribution in [3.05, 3.63) is 113 Å². The first-order valence-corrected chi connectivity index (χ1v) is 15.7. The van der Waals surface area contributed by atoms with E-state index in [1.165, 1.54) is 0 Å². The topological polar surface area (TPSA) is 110 Å². The number of pyridine rings is 1. The fourth-order valence-electron chi connectivity index (χ4n) is 5.51. The molecule has 0 fully saturated rings. The molecule has 242 valence electrons. The largest absolute Gasteiger partial charge is 0.345 e. The third-order valence-electron chi connectivity index (χ3n) is 8.08. The van der Waals surface area contributed by atoms with Crippen LogP contribution >= 0.6 is 0 Å². The predicted molar refractivity (Wildman–Crippen MR) is 188 cm³/mol. The molecule has 0 atom stereocenters. The molecule has 0 saturated carbocycles. The smallest absolute Gasteiger partial charge is 0.272 e. The number of nitrogens with one attached hydrogen (secondary N) is 3. The molecule has 2 aromatic carbocycles. The van der Waals surface area contributed by atoms with E-state index in [1.54, 1.807) is 59.9 Å². The van der Waals surface area contributed by atoms with Crippen LogP contribution in [-0.4, -0.2) is 70.1 Å². The Bertz CT molecular complexity index is 1930. The molecule has 10 nitrogen and oxygen atoms in total. The normalized spacial score (nSPS) is 11.6. The van der Waals surface area contributed by atoms with Gasteiger partial charge in [0.2, 0.25) is 0 Å². The van der Waals surface area contributed by atoms with Crippen LogP contribution in [-0.2, 0) is 14.1 Å². The Hall–Kier alpha value is -5.48. The van der Waals surface area contributed by atoms with Gasteiger partial charge in [0.1, 0.15) is 11.4 Å². The highest BCUT2D eigenvalue weighted by Crippen LogP contribution is 2.19. The van der Waals surface area contributed by atoms with Crippen molar-refractivity contribution in [2.24, 2.45) is 14.1 Å². The Morgan fingerprint density at radius 1 is 0.766 bits per heavy atom. The fraction of sp³-hybridized carbons (Fsp3) is 0.243. The zero-order valence-electron chi connectivity index (χ0n) is 27.6. The second-order valence-electron chi connectivity index (χ2n) is 12.4. The average molecular weight is 633 g/mol. The Morgan fingerprint density at radius 2 is 1.38 bits per heavy atom. The number of likely N-dealkylation sites (N-methyl/N-ethyl adjacent to an activating group) is 1. The minimum atomic E-state index is -0.359. The van der Waals surface area contributed by atoms with E-state index in [2.05, 4.69) is 48.0 Å². The molecule has 47 heavy (non-hydrogen) atoms. The van der Waals surface area contributed by atoms with Crippen LogP contribution in [0.15, 0.2) is 85.3 Å². The maximum absolute atomic E-state index is 13.1. The second kappa shape index (κ2) is 14.3. The zero-order chi connectivity index (χ0) is 33.6. The van der Waals surface area contributed by atoms with Crippen LogP contribution in [0.2, 0.25) is 0 Å². The van der Waals surface area contributed by atoms with Gasteiger partial charge in [-0.15, -0.1) is 0 Å². The molecule has 0 bridgehead atoms. The summed E-state index contributed by atoms with van der Waals surface area (Å²) >= 11 is 0. The molecule has 3 amide bonds. The van der Waals surface area contributed by atoms with Crippen LogP contribution in [0.25, 0.3) is 23.1 Å². The number of hydrogen-bond acceptors (Lipinski definition) is 4. The van der Waals surface area contributed by atoms with Crippen molar-refractivity contribution in [3.63, 3.8) is 0 Å². The standard InChI is InChI=1S/C37H41N7O3/c1-6-18-44(4,5)19-17-38-36(46)33-21-31(25-42(33)2)41-37(47)34-22-30(24-43(34)3)40-35(45)28-15-13-26(14-16-28)11-12-27-20-29-9-7-8-10-32(29)39-23-27/h7-16,20-25H,6,17-19H2,1-5H3,(H2-,38,40,41,45,46,47)/p+1/b12-11+. The highest BCUT2D eigenvalue weighted by molar-refractivity contribution is 6.07. The van der Waals surface area contributed by atoms with Crippen LogP contribution < -0.4 is 16.0 Å². The molecule has 0 saturated heterocycles. The summed E-state index contributed by atoms with van der Waals surface area (Å²) in [5.41, 5.74) is 5.19. The van der Waals surface area contributed by atoms with Gasteiger partial charge in [0, 0.05) is 43.6 Å². The number of aryl methyl sites for hydroxylation is 2. The summed E-state index contributed by atoms with van der Waals surface area (Å²) < 4.78 is 4.17. The van der Waals surface area contributed by atoms with Gasteiger partial charge in [0.05, 0.1) is 50.6 Å². The van der Waals surface area contributed by atoms with E-state index in [9.17, 15) is 14.4 Å². The number of para-hydroxylation sites is 1. The van der Waals surface area contributed by atoms with Gasteiger partial charge in [-0.2, -0.15) is 0 Å². The quantitative estimate of drug-likeness (QED) is 0.151.